The number of halogens is 1. The molecule has 1 aliphatic heterocycles. The van der Waals surface area contributed by atoms with Crippen LogP contribution in [-0.2, 0) is 26.6 Å². The van der Waals surface area contributed by atoms with E-state index in [9.17, 15) is 22.4 Å². The van der Waals surface area contributed by atoms with E-state index in [2.05, 4.69) is 4.99 Å². The Labute approximate surface area is 184 Å². The zero-order chi connectivity index (χ0) is 22.8. The maximum atomic E-state index is 13.2. The van der Waals surface area contributed by atoms with Crippen LogP contribution in [0.15, 0.2) is 34.2 Å². The summed E-state index contributed by atoms with van der Waals surface area (Å²) in [6.07, 6.45) is 1.02. The fourth-order valence-electron chi connectivity index (χ4n) is 3.32. The Morgan fingerprint density at radius 2 is 1.97 bits per heavy atom. The molecule has 31 heavy (non-hydrogen) atoms. The van der Waals surface area contributed by atoms with Gasteiger partial charge in [0.1, 0.15) is 10.7 Å². The molecule has 0 aliphatic carbocycles. The Morgan fingerprint density at radius 3 is 2.61 bits per heavy atom. The lowest BCUT2D eigenvalue weighted by Gasteiger charge is -2.30. The first-order valence-corrected chi connectivity index (χ1v) is 12.1. The van der Waals surface area contributed by atoms with Crippen LogP contribution < -0.4 is 4.80 Å². The van der Waals surface area contributed by atoms with Gasteiger partial charge < -0.3 is 9.30 Å². The zero-order valence-electron chi connectivity index (χ0n) is 17.5. The van der Waals surface area contributed by atoms with E-state index in [1.54, 1.807) is 25.5 Å². The quantitative estimate of drug-likeness (QED) is 0.626. The topological polar surface area (TPSA) is 98.0 Å². The predicted molar refractivity (Wildman–Crippen MR) is 112 cm³/mol. The fourth-order valence-corrected chi connectivity index (χ4v) is 5.86. The van der Waals surface area contributed by atoms with Gasteiger partial charge in [-0.05, 0) is 51.0 Å². The molecule has 2 heterocycles. The van der Waals surface area contributed by atoms with Gasteiger partial charge in [-0.1, -0.05) is 11.3 Å². The first kappa shape index (κ1) is 23.3. The number of thiazole rings is 1. The first-order chi connectivity index (χ1) is 14.6. The fraction of sp³-hybridized carbons (Fsp3) is 0.450. The van der Waals surface area contributed by atoms with E-state index in [1.807, 2.05) is 0 Å². The molecule has 8 nitrogen and oxygen atoms in total. The third-order valence-electron chi connectivity index (χ3n) is 5.16. The second kappa shape index (κ2) is 9.41. The number of hydrogen-bond donors (Lipinski definition) is 0. The summed E-state index contributed by atoms with van der Waals surface area (Å²) in [4.78, 5) is 29.8. The van der Waals surface area contributed by atoms with E-state index >= 15 is 0 Å². The zero-order valence-corrected chi connectivity index (χ0v) is 19.1. The highest BCUT2D eigenvalue weighted by Crippen LogP contribution is 2.25. The normalized spacial score (nSPS) is 18.2. The number of piperidine rings is 1. The average Bonchev–Trinajstić information content (AvgIpc) is 3.03. The van der Waals surface area contributed by atoms with Crippen molar-refractivity contribution in [3.8, 4) is 0 Å². The number of nitrogens with zero attached hydrogens (tertiary/aromatic N) is 3. The number of carbonyl (C=O) groups excluding carboxylic acids is 2. The van der Waals surface area contributed by atoms with E-state index < -0.39 is 33.6 Å². The van der Waals surface area contributed by atoms with Crippen molar-refractivity contribution in [2.24, 2.45) is 18.0 Å². The van der Waals surface area contributed by atoms with Crippen LogP contribution in [0.25, 0.3) is 0 Å². The number of carbonyl (C=O) groups is 2. The Kier molecular flexibility index (Phi) is 7.07. The van der Waals surface area contributed by atoms with Gasteiger partial charge in [0.15, 0.2) is 4.80 Å². The molecule has 1 unspecified atom stereocenters. The van der Waals surface area contributed by atoms with Crippen LogP contribution in [0.2, 0.25) is 0 Å². The van der Waals surface area contributed by atoms with Gasteiger partial charge in [-0.3, -0.25) is 4.79 Å². The van der Waals surface area contributed by atoms with Gasteiger partial charge in [0, 0.05) is 25.8 Å². The van der Waals surface area contributed by atoms with Crippen LogP contribution in [0.4, 0.5) is 4.39 Å². The molecule has 0 bridgehead atoms. The van der Waals surface area contributed by atoms with E-state index in [-0.39, 0.29) is 24.6 Å². The molecule has 168 valence electrons. The molecule has 11 heteroatoms. The Bertz CT molecular complexity index is 1150. The number of rotatable bonds is 5. The maximum absolute atomic E-state index is 13.2. The Hall–Kier alpha value is -2.37. The lowest BCUT2D eigenvalue weighted by Crippen LogP contribution is -2.42. The van der Waals surface area contributed by atoms with Crippen LogP contribution in [0.1, 0.15) is 35.1 Å². The largest absolute Gasteiger partial charge is 0.462 e. The SMILES string of the molecule is CCOC(=O)c1sc(=NC(=O)C2CCCN(S(=O)(=O)c3ccc(F)cc3)C2)n(C)c1C. The first-order valence-electron chi connectivity index (χ1n) is 9.83. The van der Waals surface area contributed by atoms with Crippen LogP contribution in [0.5, 0.6) is 0 Å². The average molecular weight is 470 g/mol. The second-order valence-electron chi connectivity index (χ2n) is 7.18. The van der Waals surface area contributed by atoms with E-state index in [1.165, 1.54) is 16.4 Å². The molecule has 3 rings (SSSR count). The maximum Gasteiger partial charge on any atom is 0.350 e. The molecule has 1 saturated heterocycles. The van der Waals surface area contributed by atoms with Gasteiger partial charge in [-0.25, -0.2) is 17.6 Å². The van der Waals surface area contributed by atoms with Gasteiger partial charge >= 0.3 is 5.97 Å². The molecule has 1 aliphatic rings. The van der Waals surface area contributed by atoms with Crippen LogP contribution >= 0.6 is 11.3 Å². The minimum absolute atomic E-state index is 0.000842. The van der Waals surface area contributed by atoms with Gasteiger partial charge in [0.2, 0.25) is 10.0 Å². The van der Waals surface area contributed by atoms with Crippen LogP contribution in [-0.4, -0.2) is 48.9 Å². The number of esters is 1. The summed E-state index contributed by atoms with van der Waals surface area (Å²) in [6, 6.07) is 4.61. The summed E-state index contributed by atoms with van der Waals surface area (Å²) in [5, 5.41) is 0. The lowest BCUT2D eigenvalue weighted by atomic mass is 9.99. The summed E-state index contributed by atoms with van der Waals surface area (Å²) in [5.74, 6) is -2.03. The number of hydrogen-bond acceptors (Lipinski definition) is 6. The highest BCUT2D eigenvalue weighted by Gasteiger charge is 2.33. The molecule has 1 amide bonds. The Balaban J connectivity index is 1.82. The van der Waals surface area contributed by atoms with Crippen molar-refractivity contribution in [2.75, 3.05) is 19.7 Å². The van der Waals surface area contributed by atoms with Crippen molar-refractivity contribution < 1.29 is 27.1 Å². The predicted octanol–water partition coefficient (Wildman–Crippen LogP) is 2.24. The summed E-state index contributed by atoms with van der Waals surface area (Å²) < 4.78 is 46.8. The molecule has 1 aromatic carbocycles. The summed E-state index contributed by atoms with van der Waals surface area (Å²) in [7, 11) is -2.14. The molecular weight excluding hydrogens is 445 g/mol. The number of sulfonamides is 1. The van der Waals surface area contributed by atoms with Gasteiger partial charge in [0.05, 0.1) is 17.4 Å². The third kappa shape index (κ3) is 4.94. The number of benzene rings is 1. The van der Waals surface area contributed by atoms with Crippen molar-refractivity contribution in [3.05, 3.63) is 45.5 Å². The van der Waals surface area contributed by atoms with Gasteiger partial charge in [-0.2, -0.15) is 9.30 Å². The van der Waals surface area contributed by atoms with Crippen molar-refractivity contribution in [3.63, 3.8) is 0 Å². The van der Waals surface area contributed by atoms with Gasteiger partial charge in [-0.15, -0.1) is 0 Å². The van der Waals surface area contributed by atoms with E-state index in [4.69, 9.17) is 4.74 Å². The minimum atomic E-state index is -3.84. The molecule has 0 radical (unpaired) electrons. The smallest absolute Gasteiger partial charge is 0.350 e. The van der Waals surface area contributed by atoms with Crippen LogP contribution in [0.3, 0.4) is 0 Å². The summed E-state index contributed by atoms with van der Waals surface area (Å²) >= 11 is 1.06. The van der Waals surface area contributed by atoms with Crippen molar-refractivity contribution in [1.29, 1.82) is 0 Å². The van der Waals surface area contributed by atoms with E-state index in [0.29, 0.717) is 28.2 Å². The third-order valence-corrected chi connectivity index (χ3v) is 8.26. The van der Waals surface area contributed by atoms with Crippen molar-refractivity contribution in [2.45, 2.75) is 31.6 Å². The number of aromatic nitrogens is 1. The highest BCUT2D eigenvalue weighted by atomic mass is 32.2. The molecular formula is C20H24FN3O5S2. The second-order valence-corrected chi connectivity index (χ2v) is 10.1. The highest BCUT2D eigenvalue weighted by molar-refractivity contribution is 7.89. The number of amides is 1. The molecule has 1 atom stereocenters. The monoisotopic (exact) mass is 469 g/mol. The molecule has 0 saturated carbocycles. The molecule has 1 fully saturated rings. The lowest BCUT2D eigenvalue weighted by molar-refractivity contribution is -0.122. The number of ether oxygens (including phenoxy) is 1. The van der Waals surface area contributed by atoms with E-state index in [0.717, 1.165) is 23.5 Å². The van der Waals surface area contributed by atoms with Crippen LogP contribution in [0, 0.1) is 18.7 Å². The van der Waals surface area contributed by atoms with Crippen molar-refractivity contribution >= 4 is 33.2 Å². The molecule has 0 N–H and O–H groups in total. The minimum Gasteiger partial charge on any atom is -0.462 e. The van der Waals surface area contributed by atoms with Crippen molar-refractivity contribution in [1.82, 2.24) is 8.87 Å². The molecule has 0 spiro atoms. The molecule has 1 aromatic heterocycles. The summed E-state index contributed by atoms with van der Waals surface area (Å²) in [6.45, 7) is 3.98. The molecule has 2 aromatic rings. The standard InChI is InChI=1S/C20H24FN3O5S2/c1-4-29-19(26)17-13(2)23(3)20(30-17)22-18(25)14-6-5-11-24(12-14)31(27,28)16-9-7-15(21)8-10-16/h7-10,14H,4-6,11-12H2,1-3H3. The summed E-state index contributed by atoms with van der Waals surface area (Å²) in [5.41, 5.74) is 0.638. The Morgan fingerprint density at radius 1 is 1.29 bits per heavy atom. The van der Waals surface area contributed by atoms with Gasteiger partial charge in [0.25, 0.3) is 5.91 Å².